The van der Waals surface area contributed by atoms with E-state index in [4.69, 9.17) is 16.3 Å². The van der Waals surface area contributed by atoms with Crippen molar-refractivity contribution in [3.8, 4) is 0 Å². The van der Waals surface area contributed by atoms with E-state index in [9.17, 15) is 9.18 Å². The molecule has 7 heteroatoms. The van der Waals surface area contributed by atoms with Gasteiger partial charge in [-0.1, -0.05) is 17.7 Å². The summed E-state index contributed by atoms with van der Waals surface area (Å²) in [5, 5.41) is 6.09. The third-order valence-electron chi connectivity index (χ3n) is 3.01. The SMILES string of the molecule is CC(NC(=O)C1CNCCO1)c1c(F)cccc1Cl.Cl. The Morgan fingerprint density at radius 2 is 2.35 bits per heavy atom. The highest BCUT2D eigenvalue weighted by atomic mass is 35.5. The molecule has 2 unspecified atom stereocenters. The largest absolute Gasteiger partial charge is 0.366 e. The van der Waals surface area contributed by atoms with E-state index < -0.39 is 18.0 Å². The number of morpholine rings is 1. The monoisotopic (exact) mass is 322 g/mol. The van der Waals surface area contributed by atoms with Gasteiger partial charge in [0.1, 0.15) is 11.9 Å². The summed E-state index contributed by atoms with van der Waals surface area (Å²) in [6.07, 6.45) is -0.540. The van der Waals surface area contributed by atoms with Gasteiger partial charge in [0, 0.05) is 23.7 Å². The minimum Gasteiger partial charge on any atom is -0.366 e. The molecule has 1 saturated heterocycles. The first-order valence-corrected chi connectivity index (χ1v) is 6.54. The number of nitrogens with one attached hydrogen (secondary N) is 2. The van der Waals surface area contributed by atoms with Crippen molar-refractivity contribution >= 4 is 29.9 Å². The summed E-state index contributed by atoms with van der Waals surface area (Å²) in [7, 11) is 0. The van der Waals surface area contributed by atoms with Crippen LogP contribution in [0.3, 0.4) is 0 Å². The molecular formula is C13H17Cl2FN2O2. The van der Waals surface area contributed by atoms with E-state index >= 15 is 0 Å². The van der Waals surface area contributed by atoms with E-state index in [-0.39, 0.29) is 18.3 Å². The Hall–Kier alpha value is -0.880. The van der Waals surface area contributed by atoms with Gasteiger partial charge in [0.25, 0.3) is 5.91 Å². The van der Waals surface area contributed by atoms with Crippen molar-refractivity contribution < 1.29 is 13.9 Å². The molecule has 0 radical (unpaired) electrons. The van der Waals surface area contributed by atoms with Gasteiger partial charge in [-0.05, 0) is 19.1 Å². The van der Waals surface area contributed by atoms with Crippen LogP contribution in [0.5, 0.6) is 0 Å². The van der Waals surface area contributed by atoms with Gasteiger partial charge in [-0.15, -0.1) is 12.4 Å². The van der Waals surface area contributed by atoms with Crippen LogP contribution in [0.2, 0.25) is 5.02 Å². The summed E-state index contributed by atoms with van der Waals surface area (Å²) in [5.41, 5.74) is 0.293. The van der Waals surface area contributed by atoms with Crippen molar-refractivity contribution in [1.29, 1.82) is 0 Å². The Labute approximate surface area is 128 Å². The molecule has 1 aromatic carbocycles. The summed E-state index contributed by atoms with van der Waals surface area (Å²) < 4.78 is 19.0. The summed E-state index contributed by atoms with van der Waals surface area (Å²) in [6, 6.07) is 3.94. The maximum absolute atomic E-state index is 13.7. The molecule has 1 fully saturated rings. The molecule has 2 atom stereocenters. The van der Waals surface area contributed by atoms with Crippen molar-refractivity contribution in [2.45, 2.75) is 19.1 Å². The molecule has 1 aliphatic rings. The normalized spacial score (nSPS) is 19.9. The highest BCUT2D eigenvalue weighted by Gasteiger charge is 2.24. The van der Waals surface area contributed by atoms with Gasteiger partial charge >= 0.3 is 0 Å². The zero-order chi connectivity index (χ0) is 13.8. The molecule has 2 rings (SSSR count). The van der Waals surface area contributed by atoms with Crippen LogP contribution in [-0.2, 0) is 9.53 Å². The molecule has 0 saturated carbocycles. The average Bonchev–Trinajstić information content (AvgIpc) is 2.39. The lowest BCUT2D eigenvalue weighted by Crippen LogP contribution is -2.48. The number of carbonyl (C=O) groups is 1. The Morgan fingerprint density at radius 3 is 2.95 bits per heavy atom. The molecule has 1 amide bonds. The Bertz CT molecular complexity index is 447. The molecule has 0 spiro atoms. The zero-order valence-corrected chi connectivity index (χ0v) is 12.6. The van der Waals surface area contributed by atoms with Crippen LogP contribution in [0.4, 0.5) is 4.39 Å². The van der Waals surface area contributed by atoms with Gasteiger partial charge in [0.15, 0.2) is 0 Å². The lowest BCUT2D eigenvalue weighted by Gasteiger charge is -2.25. The number of ether oxygens (including phenoxy) is 1. The van der Waals surface area contributed by atoms with E-state index in [1.54, 1.807) is 13.0 Å². The Morgan fingerprint density at radius 1 is 1.60 bits per heavy atom. The van der Waals surface area contributed by atoms with Crippen molar-refractivity contribution in [2.24, 2.45) is 0 Å². The van der Waals surface area contributed by atoms with Gasteiger partial charge in [-0.2, -0.15) is 0 Å². The van der Waals surface area contributed by atoms with Gasteiger partial charge in [0.05, 0.1) is 12.6 Å². The quantitative estimate of drug-likeness (QED) is 0.895. The van der Waals surface area contributed by atoms with Crippen LogP contribution in [-0.4, -0.2) is 31.7 Å². The molecule has 1 aliphatic heterocycles. The minimum absolute atomic E-state index is 0. The van der Waals surface area contributed by atoms with E-state index in [0.29, 0.717) is 23.7 Å². The number of halogens is 3. The number of hydrogen-bond acceptors (Lipinski definition) is 3. The van der Waals surface area contributed by atoms with Crippen LogP contribution in [0.1, 0.15) is 18.5 Å². The first-order valence-electron chi connectivity index (χ1n) is 6.16. The molecule has 1 aromatic rings. The first-order chi connectivity index (χ1) is 9.09. The molecule has 112 valence electrons. The van der Waals surface area contributed by atoms with Crippen LogP contribution >= 0.6 is 24.0 Å². The third-order valence-corrected chi connectivity index (χ3v) is 3.34. The van der Waals surface area contributed by atoms with Crippen molar-refractivity contribution in [3.63, 3.8) is 0 Å². The van der Waals surface area contributed by atoms with Gasteiger partial charge in [-0.3, -0.25) is 4.79 Å². The molecule has 0 aliphatic carbocycles. The van der Waals surface area contributed by atoms with Gasteiger partial charge < -0.3 is 15.4 Å². The van der Waals surface area contributed by atoms with Crippen LogP contribution < -0.4 is 10.6 Å². The fraction of sp³-hybridized carbons (Fsp3) is 0.462. The van der Waals surface area contributed by atoms with E-state index in [1.807, 2.05) is 0 Å². The smallest absolute Gasteiger partial charge is 0.250 e. The van der Waals surface area contributed by atoms with E-state index in [2.05, 4.69) is 10.6 Å². The molecule has 20 heavy (non-hydrogen) atoms. The highest BCUT2D eigenvalue weighted by Crippen LogP contribution is 2.25. The second-order valence-corrected chi connectivity index (χ2v) is 4.84. The Kier molecular flexibility index (Phi) is 6.68. The molecule has 2 N–H and O–H groups in total. The summed E-state index contributed by atoms with van der Waals surface area (Å²) in [6.45, 7) is 3.38. The standard InChI is InChI=1S/C13H16ClFN2O2.ClH/c1-8(12-9(14)3-2-4-10(12)15)17-13(18)11-7-16-5-6-19-11;/h2-4,8,11,16H,5-7H2,1H3,(H,17,18);1H. The molecular weight excluding hydrogens is 306 g/mol. The maximum Gasteiger partial charge on any atom is 0.250 e. The summed E-state index contributed by atoms with van der Waals surface area (Å²) in [5.74, 6) is -0.693. The number of hydrogen-bond donors (Lipinski definition) is 2. The molecule has 0 aromatic heterocycles. The van der Waals surface area contributed by atoms with Crippen molar-refractivity contribution in [2.75, 3.05) is 19.7 Å². The van der Waals surface area contributed by atoms with Crippen molar-refractivity contribution in [1.82, 2.24) is 10.6 Å². The predicted molar refractivity (Wildman–Crippen MR) is 77.8 cm³/mol. The van der Waals surface area contributed by atoms with Crippen LogP contribution in [0.25, 0.3) is 0 Å². The predicted octanol–water partition coefficient (Wildman–Crippen LogP) is 2.07. The average molecular weight is 323 g/mol. The number of benzene rings is 1. The first kappa shape index (κ1) is 17.2. The number of carbonyl (C=O) groups excluding carboxylic acids is 1. The number of amides is 1. The third kappa shape index (κ3) is 4.06. The highest BCUT2D eigenvalue weighted by molar-refractivity contribution is 6.31. The minimum atomic E-state index is -0.540. The molecule has 0 bridgehead atoms. The maximum atomic E-state index is 13.7. The molecule has 4 nitrogen and oxygen atoms in total. The second-order valence-electron chi connectivity index (χ2n) is 4.43. The lowest BCUT2D eigenvalue weighted by atomic mass is 10.1. The summed E-state index contributed by atoms with van der Waals surface area (Å²) in [4.78, 5) is 12.0. The molecule has 1 heterocycles. The van der Waals surface area contributed by atoms with E-state index in [0.717, 1.165) is 6.54 Å². The summed E-state index contributed by atoms with van der Waals surface area (Å²) >= 11 is 5.96. The van der Waals surface area contributed by atoms with Crippen LogP contribution in [0, 0.1) is 5.82 Å². The fourth-order valence-corrected chi connectivity index (χ4v) is 2.36. The second kappa shape index (κ2) is 7.78. The lowest BCUT2D eigenvalue weighted by molar-refractivity contribution is -0.134. The topological polar surface area (TPSA) is 50.4 Å². The van der Waals surface area contributed by atoms with E-state index in [1.165, 1.54) is 12.1 Å². The zero-order valence-electron chi connectivity index (χ0n) is 11.0. The number of rotatable bonds is 3. The fourth-order valence-electron chi connectivity index (χ4n) is 2.04. The van der Waals surface area contributed by atoms with Crippen LogP contribution in [0.15, 0.2) is 18.2 Å². The Balaban J connectivity index is 0.00000200. The van der Waals surface area contributed by atoms with Gasteiger partial charge in [-0.25, -0.2) is 4.39 Å². The van der Waals surface area contributed by atoms with Gasteiger partial charge in [0.2, 0.25) is 0 Å². The van der Waals surface area contributed by atoms with Crippen molar-refractivity contribution in [3.05, 3.63) is 34.6 Å².